The molecule has 25 heavy (non-hydrogen) atoms. The Kier molecular flexibility index (Phi) is 5.99. The molecule has 134 valence electrons. The number of aromatic hydroxyl groups is 1. The summed E-state index contributed by atoms with van der Waals surface area (Å²) in [6, 6.07) is 7.04. The molecule has 2 aromatic carbocycles. The molecule has 0 radical (unpaired) electrons. The predicted octanol–water partition coefficient (Wildman–Crippen LogP) is 3.03. The van der Waals surface area contributed by atoms with Crippen molar-refractivity contribution in [3.63, 3.8) is 0 Å². The number of phenolic OH excluding ortho intramolecular Hbond substituents is 1. The number of rotatable bonds is 6. The summed E-state index contributed by atoms with van der Waals surface area (Å²) < 4.78 is 34.7. The van der Waals surface area contributed by atoms with Crippen LogP contribution in [0.4, 0.5) is 0 Å². The number of hydrogen-bond acceptors (Lipinski definition) is 6. The summed E-state index contributed by atoms with van der Waals surface area (Å²) >= 11 is 11.7. The molecule has 0 bridgehead atoms. The molecular formula is C15H14Cl2N2O5S. The van der Waals surface area contributed by atoms with Gasteiger partial charge in [0.1, 0.15) is 10.6 Å². The highest BCUT2D eigenvalue weighted by atomic mass is 35.5. The van der Waals surface area contributed by atoms with Gasteiger partial charge in [0.2, 0.25) is 0 Å². The summed E-state index contributed by atoms with van der Waals surface area (Å²) in [5, 5.41) is 13.6. The zero-order valence-electron chi connectivity index (χ0n) is 13.2. The van der Waals surface area contributed by atoms with Crippen molar-refractivity contribution in [2.45, 2.75) is 4.90 Å². The first kappa shape index (κ1) is 19.2. The Hall–Kier alpha value is -2.16. The van der Waals surface area contributed by atoms with Crippen LogP contribution >= 0.6 is 23.2 Å². The average Bonchev–Trinajstić information content (AvgIpc) is 2.57. The molecule has 10 heteroatoms. The lowest BCUT2D eigenvalue weighted by atomic mass is 10.2. The number of ether oxygens (including phenoxy) is 2. The van der Waals surface area contributed by atoms with Crippen LogP contribution in [0.5, 0.6) is 17.2 Å². The molecule has 2 rings (SSSR count). The second-order valence-corrected chi connectivity index (χ2v) is 7.17. The zero-order valence-corrected chi connectivity index (χ0v) is 15.5. The molecule has 0 saturated heterocycles. The lowest BCUT2D eigenvalue weighted by Crippen LogP contribution is -2.19. The van der Waals surface area contributed by atoms with Crippen LogP contribution in [0.3, 0.4) is 0 Å². The van der Waals surface area contributed by atoms with E-state index in [9.17, 15) is 13.5 Å². The molecule has 0 spiro atoms. The van der Waals surface area contributed by atoms with E-state index in [1.54, 1.807) is 0 Å². The van der Waals surface area contributed by atoms with E-state index >= 15 is 0 Å². The van der Waals surface area contributed by atoms with Crippen LogP contribution in [-0.4, -0.2) is 34.0 Å². The highest BCUT2D eigenvalue weighted by Crippen LogP contribution is 2.34. The number of benzene rings is 2. The molecule has 0 unspecified atom stereocenters. The molecule has 0 aromatic heterocycles. The minimum absolute atomic E-state index is 0.0418. The fraction of sp³-hybridized carbons (Fsp3) is 0.133. The van der Waals surface area contributed by atoms with E-state index in [0.29, 0.717) is 5.56 Å². The minimum Gasteiger partial charge on any atom is -0.503 e. The summed E-state index contributed by atoms with van der Waals surface area (Å²) in [5.41, 5.74) is 0.417. The Bertz CT molecular complexity index is 916. The van der Waals surface area contributed by atoms with Gasteiger partial charge in [-0.2, -0.15) is 18.4 Å². The topological polar surface area (TPSA) is 97.2 Å². The van der Waals surface area contributed by atoms with Gasteiger partial charge in [0, 0.05) is 5.02 Å². The number of methoxy groups -OCH3 is 2. The maximum absolute atomic E-state index is 12.3. The number of nitrogens with zero attached hydrogens (tertiary/aromatic N) is 1. The van der Waals surface area contributed by atoms with Gasteiger partial charge in [0.25, 0.3) is 10.0 Å². The molecule has 0 atom stereocenters. The van der Waals surface area contributed by atoms with Gasteiger partial charge in [-0.1, -0.05) is 23.2 Å². The molecule has 0 aliphatic carbocycles. The van der Waals surface area contributed by atoms with Crippen molar-refractivity contribution in [3.05, 3.63) is 45.9 Å². The van der Waals surface area contributed by atoms with Gasteiger partial charge in [0.05, 0.1) is 25.5 Å². The fourth-order valence-corrected chi connectivity index (χ4v) is 3.35. The minimum atomic E-state index is -4.00. The maximum Gasteiger partial charge on any atom is 0.280 e. The van der Waals surface area contributed by atoms with E-state index in [2.05, 4.69) is 9.93 Å². The molecule has 0 aliphatic rings. The van der Waals surface area contributed by atoms with Crippen LogP contribution in [0.2, 0.25) is 10.0 Å². The van der Waals surface area contributed by atoms with Gasteiger partial charge < -0.3 is 14.6 Å². The van der Waals surface area contributed by atoms with E-state index in [0.717, 1.165) is 0 Å². The van der Waals surface area contributed by atoms with Crippen molar-refractivity contribution >= 4 is 39.4 Å². The standard InChI is InChI=1S/C15H14Cl2N2O5S/c1-23-12-4-3-10(16)7-14(12)25(21,22)19-18-8-9-5-11(17)15(20)13(6-9)24-2/h3-8,19-20H,1-2H3/b18-8+. The van der Waals surface area contributed by atoms with Crippen molar-refractivity contribution in [1.82, 2.24) is 4.83 Å². The molecule has 7 nitrogen and oxygen atoms in total. The molecule has 0 fully saturated rings. The summed E-state index contributed by atoms with van der Waals surface area (Å²) in [4.78, 5) is 1.90. The smallest absolute Gasteiger partial charge is 0.280 e. The third-order valence-electron chi connectivity index (χ3n) is 3.07. The highest BCUT2D eigenvalue weighted by Gasteiger charge is 2.19. The number of hydrogen-bond donors (Lipinski definition) is 2. The summed E-state index contributed by atoms with van der Waals surface area (Å²) in [6.07, 6.45) is 1.21. The van der Waals surface area contributed by atoms with Gasteiger partial charge in [-0.05, 0) is 35.9 Å². The molecule has 0 saturated carbocycles. The van der Waals surface area contributed by atoms with E-state index in [1.807, 2.05) is 0 Å². The second-order valence-electron chi connectivity index (χ2n) is 4.70. The second kappa shape index (κ2) is 7.81. The molecule has 2 N–H and O–H groups in total. The molecule has 0 heterocycles. The third-order valence-corrected chi connectivity index (χ3v) is 4.84. The van der Waals surface area contributed by atoms with Crippen molar-refractivity contribution < 1.29 is 23.0 Å². The van der Waals surface area contributed by atoms with Gasteiger partial charge >= 0.3 is 0 Å². The maximum atomic E-state index is 12.3. The van der Waals surface area contributed by atoms with Crippen LogP contribution in [0.1, 0.15) is 5.56 Å². The van der Waals surface area contributed by atoms with Crippen molar-refractivity contribution in [2.24, 2.45) is 5.10 Å². The molecule has 0 aliphatic heterocycles. The Morgan fingerprint density at radius 1 is 1.12 bits per heavy atom. The zero-order chi connectivity index (χ0) is 18.6. The van der Waals surface area contributed by atoms with E-state index in [4.69, 9.17) is 32.7 Å². The normalized spacial score (nSPS) is 11.5. The van der Waals surface area contributed by atoms with Gasteiger partial charge in [-0.25, -0.2) is 0 Å². The Morgan fingerprint density at radius 3 is 2.44 bits per heavy atom. The number of sulfonamides is 1. The van der Waals surface area contributed by atoms with Crippen LogP contribution in [0.25, 0.3) is 0 Å². The quantitative estimate of drug-likeness (QED) is 0.569. The Balaban J connectivity index is 2.27. The van der Waals surface area contributed by atoms with Crippen molar-refractivity contribution in [3.8, 4) is 17.2 Å². The molecule has 0 amide bonds. The lowest BCUT2D eigenvalue weighted by Gasteiger charge is -2.09. The van der Waals surface area contributed by atoms with E-state index in [1.165, 1.54) is 50.8 Å². The van der Waals surface area contributed by atoms with E-state index < -0.39 is 10.0 Å². The van der Waals surface area contributed by atoms with Crippen LogP contribution in [-0.2, 0) is 10.0 Å². The number of nitrogens with one attached hydrogen (secondary N) is 1. The van der Waals surface area contributed by atoms with Crippen LogP contribution in [0.15, 0.2) is 40.3 Å². The largest absolute Gasteiger partial charge is 0.503 e. The Labute approximate surface area is 154 Å². The van der Waals surface area contributed by atoms with Gasteiger partial charge in [0.15, 0.2) is 11.5 Å². The molecule has 2 aromatic rings. The first-order valence-corrected chi connectivity index (χ1v) is 8.97. The van der Waals surface area contributed by atoms with Gasteiger partial charge in [-0.15, -0.1) is 0 Å². The lowest BCUT2D eigenvalue weighted by molar-refractivity contribution is 0.373. The number of phenols is 1. The SMILES string of the molecule is COc1ccc(Cl)cc1S(=O)(=O)N/N=C/c1cc(Cl)c(O)c(OC)c1. The van der Waals surface area contributed by atoms with Crippen molar-refractivity contribution in [2.75, 3.05) is 14.2 Å². The van der Waals surface area contributed by atoms with Crippen LogP contribution in [0, 0.1) is 0 Å². The average molecular weight is 405 g/mol. The van der Waals surface area contributed by atoms with E-state index in [-0.39, 0.29) is 32.2 Å². The summed E-state index contributed by atoms with van der Waals surface area (Å²) in [6.45, 7) is 0. The first-order chi connectivity index (χ1) is 11.8. The Morgan fingerprint density at radius 2 is 1.80 bits per heavy atom. The number of hydrazone groups is 1. The van der Waals surface area contributed by atoms with Crippen LogP contribution < -0.4 is 14.3 Å². The summed E-state index contributed by atoms with van der Waals surface area (Å²) in [7, 11) is -1.30. The monoisotopic (exact) mass is 404 g/mol. The first-order valence-electron chi connectivity index (χ1n) is 6.73. The predicted molar refractivity (Wildman–Crippen MR) is 95.6 cm³/mol. The summed E-state index contributed by atoms with van der Waals surface area (Å²) in [5.74, 6) is 0.0420. The van der Waals surface area contributed by atoms with Crippen molar-refractivity contribution in [1.29, 1.82) is 0 Å². The molecular weight excluding hydrogens is 391 g/mol. The number of halogens is 2. The fourth-order valence-electron chi connectivity index (χ4n) is 1.90. The van der Waals surface area contributed by atoms with Gasteiger partial charge in [-0.3, -0.25) is 0 Å². The third kappa shape index (κ3) is 4.47. The highest BCUT2D eigenvalue weighted by molar-refractivity contribution is 7.89.